The molecule has 24 heavy (non-hydrogen) atoms. The summed E-state index contributed by atoms with van der Waals surface area (Å²) in [5, 5.41) is 3.39. The predicted molar refractivity (Wildman–Crippen MR) is 87.3 cm³/mol. The molecule has 1 aromatic heterocycles. The number of anilines is 1. The number of halogens is 3. The third kappa shape index (κ3) is 3.87. The van der Waals surface area contributed by atoms with Crippen LogP contribution in [0.25, 0.3) is 0 Å². The van der Waals surface area contributed by atoms with Crippen LogP contribution in [-0.2, 0) is 0 Å². The molecule has 1 aliphatic rings. The molecule has 128 valence electrons. The molecule has 3 rings (SSSR count). The molecule has 6 heteroatoms. The zero-order valence-electron chi connectivity index (χ0n) is 13.5. The van der Waals surface area contributed by atoms with Crippen LogP contribution in [-0.4, -0.2) is 24.6 Å². The third-order valence-electron chi connectivity index (χ3n) is 4.49. The molecule has 1 aromatic carbocycles. The molecule has 0 radical (unpaired) electrons. The number of nitrogens with one attached hydrogen (secondary N) is 1. The van der Waals surface area contributed by atoms with Crippen molar-refractivity contribution in [2.75, 3.05) is 24.5 Å². The van der Waals surface area contributed by atoms with Crippen LogP contribution >= 0.6 is 0 Å². The average molecular weight is 335 g/mol. The first-order valence-corrected chi connectivity index (χ1v) is 8.07. The lowest BCUT2D eigenvalue weighted by molar-refractivity contribution is 0.470. The molecule has 0 aliphatic carbocycles. The van der Waals surface area contributed by atoms with Gasteiger partial charge in [0, 0.05) is 43.6 Å². The van der Waals surface area contributed by atoms with Gasteiger partial charge in [0.1, 0.15) is 5.82 Å². The quantitative estimate of drug-likeness (QED) is 0.903. The highest BCUT2D eigenvalue weighted by atomic mass is 19.2. The van der Waals surface area contributed by atoms with Crippen molar-refractivity contribution in [1.82, 2.24) is 10.3 Å². The minimum atomic E-state index is -0.825. The second-order valence-electron chi connectivity index (χ2n) is 6.27. The Kier molecular flexibility index (Phi) is 5.04. The molecule has 2 atom stereocenters. The van der Waals surface area contributed by atoms with Gasteiger partial charge in [-0.1, -0.05) is 0 Å². The van der Waals surface area contributed by atoms with Crippen LogP contribution in [0.2, 0.25) is 0 Å². The van der Waals surface area contributed by atoms with Gasteiger partial charge in [-0.2, -0.15) is 0 Å². The molecule has 3 nitrogen and oxygen atoms in total. The number of hydrogen-bond acceptors (Lipinski definition) is 3. The normalized spacial score (nSPS) is 18.8. The van der Waals surface area contributed by atoms with Crippen LogP contribution in [0.1, 0.15) is 24.9 Å². The summed E-state index contributed by atoms with van der Waals surface area (Å²) in [5.74, 6) is -1.58. The summed E-state index contributed by atoms with van der Waals surface area (Å²) in [6, 6.07) is 5.49. The van der Waals surface area contributed by atoms with E-state index in [1.807, 2.05) is 6.92 Å². The van der Waals surface area contributed by atoms with Crippen molar-refractivity contribution in [3.63, 3.8) is 0 Å². The Labute approximate surface area is 139 Å². The van der Waals surface area contributed by atoms with Gasteiger partial charge >= 0.3 is 0 Å². The van der Waals surface area contributed by atoms with E-state index in [0.717, 1.165) is 37.7 Å². The maximum Gasteiger partial charge on any atom is 0.160 e. The maximum absolute atomic E-state index is 13.4. The van der Waals surface area contributed by atoms with E-state index >= 15 is 0 Å². The van der Waals surface area contributed by atoms with E-state index in [1.165, 1.54) is 18.3 Å². The van der Waals surface area contributed by atoms with E-state index in [2.05, 4.69) is 15.2 Å². The zero-order valence-corrected chi connectivity index (χ0v) is 13.5. The van der Waals surface area contributed by atoms with Gasteiger partial charge in [-0.15, -0.1) is 0 Å². The Morgan fingerprint density at radius 2 is 2.04 bits per heavy atom. The number of rotatable bonds is 5. The lowest BCUT2D eigenvalue weighted by Crippen LogP contribution is -2.28. The van der Waals surface area contributed by atoms with Gasteiger partial charge in [0.15, 0.2) is 11.6 Å². The fourth-order valence-electron chi connectivity index (χ4n) is 3.04. The highest BCUT2D eigenvalue weighted by molar-refractivity contribution is 5.47. The van der Waals surface area contributed by atoms with Crippen LogP contribution < -0.4 is 10.2 Å². The first kappa shape index (κ1) is 16.8. The third-order valence-corrected chi connectivity index (χ3v) is 4.49. The second-order valence-corrected chi connectivity index (χ2v) is 6.27. The summed E-state index contributed by atoms with van der Waals surface area (Å²) in [6.07, 6.45) is 3.82. The van der Waals surface area contributed by atoms with Crippen molar-refractivity contribution in [3.05, 3.63) is 59.7 Å². The Bertz CT molecular complexity index is 708. The van der Waals surface area contributed by atoms with Gasteiger partial charge in [0.25, 0.3) is 0 Å². The molecule has 2 aromatic rings. The molecule has 0 amide bonds. The minimum Gasteiger partial charge on any atom is -0.371 e. The fourth-order valence-corrected chi connectivity index (χ4v) is 3.04. The Morgan fingerprint density at radius 1 is 1.21 bits per heavy atom. The molecule has 1 N–H and O–H groups in total. The predicted octanol–water partition coefficient (Wildman–Crippen LogP) is 3.68. The lowest BCUT2D eigenvalue weighted by atomic mass is 10.1. The summed E-state index contributed by atoms with van der Waals surface area (Å²) in [5.41, 5.74) is 1.52. The summed E-state index contributed by atoms with van der Waals surface area (Å²) >= 11 is 0. The topological polar surface area (TPSA) is 28.2 Å². The van der Waals surface area contributed by atoms with E-state index in [0.29, 0.717) is 11.6 Å². The fraction of sp³-hybridized carbons (Fsp3) is 0.389. The molecule has 1 saturated heterocycles. The lowest BCUT2D eigenvalue weighted by Gasteiger charge is -2.20. The number of aromatic nitrogens is 1. The summed E-state index contributed by atoms with van der Waals surface area (Å²) < 4.78 is 39.6. The molecule has 1 fully saturated rings. The van der Waals surface area contributed by atoms with Crippen molar-refractivity contribution in [3.8, 4) is 0 Å². The van der Waals surface area contributed by atoms with Gasteiger partial charge in [-0.3, -0.25) is 4.98 Å². The standard InChI is InChI=1S/C18H20F3N3/c1-12(14-6-15(19)10-22-9-14)23-8-13-4-5-24(11-13)16-2-3-17(20)18(21)7-16/h2-3,6-7,9-10,12-13,23H,4-5,8,11H2,1H3. The van der Waals surface area contributed by atoms with Crippen LogP contribution in [0.5, 0.6) is 0 Å². The largest absolute Gasteiger partial charge is 0.371 e. The van der Waals surface area contributed by atoms with Crippen LogP contribution in [0.15, 0.2) is 36.7 Å². The summed E-state index contributed by atoms with van der Waals surface area (Å²) in [4.78, 5) is 5.92. The highest BCUT2D eigenvalue weighted by Crippen LogP contribution is 2.25. The monoisotopic (exact) mass is 335 g/mol. The maximum atomic E-state index is 13.4. The number of hydrogen-bond donors (Lipinski definition) is 1. The van der Waals surface area contributed by atoms with Crippen LogP contribution in [0, 0.1) is 23.4 Å². The van der Waals surface area contributed by atoms with E-state index in [-0.39, 0.29) is 11.9 Å². The van der Waals surface area contributed by atoms with Crippen molar-refractivity contribution in [1.29, 1.82) is 0 Å². The molecular formula is C18H20F3N3. The first-order chi connectivity index (χ1) is 11.5. The zero-order chi connectivity index (χ0) is 17.1. The smallest absolute Gasteiger partial charge is 0.160 e. The van der Waals surface area contributed by atoms with E-state index in [4.69, 9.17) is 0 Å². The molecule has 2 heterocycles. The van der Waals surface area contributed by atoms with Gasteiger partial charge < -0.3 is 10.2 Å². The molecule has 0 bridgehead atoms. The number of nitrogens with zero attached hydrogens (tertiary/aromatic N) is 2. The average Bonchev–Trinajstić information content (AvgIpc) is 3.04. The van der Waals surface area contributed by atoms with Gasteiger partial charge in [-0.05, 0) is 43.0 Å². The van der Waals surface area contributed by atoms with Crippen molar-refractivity contribution < 1.29 is 13.2 Å². The minimum absolute atomic E-state index is 0.00511. The summed E-state index contributed by atoms with van der Waals surface area (Å²) in [7, 11) is 0. The van der Waals surface area contributed by atoms with Crippen molar-refractivity contribution in [2.24, 2.45) is 5.92 Å². The molecule has 2 unspecified atom stereocenters. The van der Waals surface area contributed by atoms with Crippen molar-refractivity contribution >= 4 is 5.69 Å². The van der Waals surface area contributed by atoms with Crippen LogP contribution in [0.4, 0.5) is 18.9 Å². The molecule has 0 saturated carbocycles. The van der Waals surface area contributed by atoms with E-state index in [9.17, 15) is 13.2 Å². The highest BCUT2D eigenvalue weighted by Gasteiger charge is 2.23. The molecular weight excluding hydrogens is 315 g/mol. The van der Waals surface area contributed by atoms with Crippen LogP contribution in [0.3, 0.4) is 0 Å². The first-order valence-electron chi connectivity index (χ1n) is 8.07. The van der Waals surface area contributed by atoms with Crippen molar-refractivity contribution in [2.45, 2.75) is 19.4 Å². The summed E-state index contributed by atoms with van der Waals surface area (Å²) in [6.45, 7) is 4.34. The Hall–Kier alpha value is -2.08. The van der Waals surface area contributed by atoms with Gasteiger partial charge in [0.05, 0.1) is 6.20 Å². The number of benzene rings is 1. The SMILES string of the molecule is CC(NCC1CCN(c2ccc(F)c(F)c2)C1)c1cncc(F)c1. The second kappa shape index (κ2) is 7.21. The van der Waals surface area contributed by atoms with E-state index < -0.39 is 11.6 Å². The Morgan fingerprint density at radius 3 is 2.79 bits per heavy atom. The molecule has 1 aliphatic heterocycles. The molecule has 0 spiro atoms. The van der Waals surface area contributed by atoms with E-state index in [1.54, 1.807) is 12.3 Å². The Balaban J connectivity index is 1.53. The number of pyridine rings is 1. The van der Waals surface area contributed by atoms with Gasteiger partial charge in [-0.25, -0.2) is 13.2 Å². The van der Waals surface area contributed by atoms with Gasteiger partial charge in [0.2, 0.25) is 0 Å².